The molecule has 0 saturated heterocycles. The Kier molecular flexibility index (Phi) is 2.61. The molecule has 1 aromatic carbocycles. The number of hydrogen-bond donors (Lipinski definition) is 1. The van der Waals surface area contributed by atoms with Gasteiger partial charge < -0.3 is 10.2 Å². The Balaban J connectivity index is 1.95. The minimum absolute atomic E-state index is 0.0552. The first-order chi connectivity index (χ1) is 10.5. The van der Waals surface area contributed by atoms with E-state index in [0.29, 0.717) is 12.2 Å². The molecule has 0 bridgehead atoms. The van der Waals surface area contributed by atoms with Gasteiger partial charge in [-0.3, -0.25) is 4.79 Å². The topological polar surface area (TPSA) is 69.1 Å². The number of oxazole rings is 1. The summed E-state index contributed by atoms with van der Waals surface area (Å²) in [5, 5.41) is 0. The van der Waals surface area contributed by atoms with Crippen molar-refractivity contribution in [1.82, 2.24) is 4.98 Å². The maximum Gasteiger partial charge on any atom is 0.292 e. The normalized spacial score (nSPS) is 22.6. The molecule has 2 aromatic rings. The summed E-state index contributed by atoms with van der Waals surface area (Å²) < 4.78 is 5.65. The van der Waals surface area contributed by atoms with Gasteiger partial charge in [-0.25, -0.2) is 0 Å². The van der Waals surface area contributed by atoms with Crippen LogP contribution in [-0.2, 0) is 4.79 Å². The molecule has 4 rings (SSSR count). The van der Waals surface area contributed by atoms with Crippen LogP contribution in [0.15, 0.2) is 40.3 Å². The summed E-state index contributed by atoms with van der Waals surface area (Å²) in [6.45, 7) is 4.23. The molecule has 1 aromatic heterocycles. The van der Waals surface area contributed by atoms with E-state index in [0.717, 1.165) is 28.8 Å². The first kappa shape index (κ1) is 13.3. The molecule has 2 aliphatic carbocycles. The number of allylic oxidation sites excluding steroid dienone is 2. The fourth-order valence-corrected chi connectivity index (χ4v) is 3.74. The van der Waals surface area contributed by atoms with E-state index >= 15 is 0 Å². The van der Waals surface area contributed by atoms with Crippen molar-refractivity contribution in [3.63, 3.8) is 0 Å². The first-order valence-corrected chi connectivity index (χ1v) is 7.54. The molecule has 0 spiro atoms. The van der Waals surface area contributed by atoms with E-state index in [4.69, 9.17) is 10.2 Å². The zero-order chi connectivity index (χ0) is 15.5. The second kappa shape index (κ2) is 4.32. The van der Waals surface area contributed by atoms with Gasteiger partial charge in [-0.15, -0.1) is 0 Å². The Morgan fingerprint density at radius 3 is 2.68 bits per heavy atom. The average Bonchev–Trinajstić information content (AvgIpc) is 2.95. The van der Waals surface area contributed by atoms with E-state index in [9.17, 15) is 4.79 Å². The van der Waals surface area contributed by atoms with Crippen molar-refractivity contribution in [2.75, 3.05) is 5.73 Å². The summed E-state index contributed by atoms with van der Waals surface area (Å²) in [6, 6.07) is 10.2. The molecular weight excluding hydrogens is 276 g/mol. The van der Waals surface area contributed by atoms with Gasteiger partial charge in [0.05, 0.1) is 5.92 Å². The SMILES string of the molecule is CC1(C)CC(=O)C2=C(C1)c1oc(N)nc1C2c1ccccc1. The van der Waals surface area contributed by atoms with Gasteiger partial charge in [0.25, 0.3) is 6.01 Å². The van der Waals surface area contributed by atoms with Gasteiger partial charge in [0.15, 0.2) is 11.5 Å². The van der Waals surface area contributed by atoms with Crippen molar-refractivity contribution in [2.24, 2.45) is 5.41 Å². The summed E-state index contributed by atoms with van der Waals surface area (Å²) >= 11 is 0. The Morgan fingerprint density at radius 1 is 1.23 bits per heavy atom. The van der Waals surface area contributed by atoms with Crippen LogP contribution in [0, 0.1) is 5.41 Å². The average molecular weight is 294 g/mol. The number of Topliss-reactive ketones (excluding diaryl/α,β-unsaturated/α-hetero) is 1. The molecule has 112 valence electrons. The molecule has 2 N–H and O–H groups in total. The van der Waals surface area contributed by atoms with E-state index in [-0.39, 0.29) is 23.1 Å². The second-order valence-corrected chi connectivity index (χ2v) is 6.94. The maximum absolute atomic E-state index is 12.8. The van der Waals surface area contributed by atoms with Crippen LogP contribution in [-0.4, -0.2) is 10.8 Å². The molecule has 0 amide bonds. The van der Waals surface area contributed by atoms with Crippen molar-refractivity contribution in [3.05, 3.63) is 52.9 Å². The summed E-state index contributed by atoms with van der Waals surface area (Å²) in [5.41, 5.74) is 9.42. The number of anilines is 1. The van der Waals surface area contributed by atoms with Crippen molar-refractivity contribution in [3.8, 4) is 0 Å². The quantitative estimate of drug-likeness (QED) is 0.873. The van der Waals surface area contributed by atoms with E-state index in [2.05, 4.69) is 18.8 Å². The number of nitrogen functional groups attached to an aromatic ring is 1. The number of aromatic nitrogens is 1. The van der Waals surface area contributed by atoms with Gasteiger partial charge in [-0.2, -0.15) is 4.98 Å². The molecule has 4 nitrogen and oxygen atoms in total. The number of hydrogen-bond acceptors (Lipinski definition) is 4. The maximum atomic E-state index is 12.8. The number of carbonyl (C=O) groups is 1. The van der Waals surface area contributed by atoms with E-state index in [1.165, 1.54) is 0 Å². The molecule has 1 heterocycles. The van der Waals surface area contributed by atoms with Crippen LogP contribution in [0.3, 0.4) is 0 Å². The molecule has 1 unspecified atom stereocenters. The highest BCUT2D eigenvalue weighted by Gasteiger charge is 2.45. The zero-order valence-electron chi connectivity index (χ0n) is 12.7. The number of fused-ring (bicyclic) bond motifs is 2. The highest BCUT2D eigenvalue weighted by molar-refractivity contribution is 6.08. The summed E-state index contributed by atoms with van der Waals surface area (Å²) in [5.74, 6) is 0.769. The Hall–Kier alpha value is -2.36. The summed E-state index contributed by atoms with van der Waals surface area (Å²) in [4.78, 5) is 17.1. The fraction of sp³-hybridized carbons (Fsp3) is 0.333. The highest BCUT2D eigenvalue weighted by atomic mass is 16.4. The Bertz CT molecular complexity index is 800. The lowest BCUT2D eigenvalue weighted by molar-refractivity contribution is -0.117. The summed E-state index contributed by atoms with van der Waals surface area (Å²) in [6.07, 6.45) is 1.38. The number of ketones is 1. The minimum atomic E-state index is -0.143. The molecule has 0 radical (unpaired) electrons. The third kappa shape index (κ3) is 1.83. The highest BCUT2D eigenvalue weighted by Crippen LogP contribution is 2.53. The number of benzene rings is 1. The van der Waals surface area contributed by atoms with Crippen LogP contribution >= 0.6 is 0 Å². The van der Waals surface area contributed by atoms with Crippen molar-refractivity contribution in [1.29, 1.82) is 0 Å². The standard InChI is InChI=1S/C18H18N2O2/c1-18(2)8-11-14(12(21)9-18)13(10-6-4-3-5-7-10)15-16(11)22-17(19)20-15/h3-7,13H,8-9H2,1-2H3,(H2,19,20). The van der Waals surface area contributed by atoms with Crippen LogP contribution in [0.4, 0.5) is 6.01 Å². The molecule has 1 atom stereocenters. The number of nitrogens with two attached hydrogens (primary N) is 1. The predicted molar refractivity (Wildman–Crippen MR) is 84.1 cm³/mol. The molecule has 0 saturated carbocycles. The zero-order valence-corrected chi connectivity index (χ0v) is 12.7. The molecule has 22 heavy (non-hydrogen) atoms. The minimum Gasteiger partial charge on any atom is -0.424 e. The van der Waals surface area contributed by atoms with E-state index in [1.54, 1.807) is 0 Å². The second-order valence-electron chi connectivity index (χ2n) is 6.94. The molecule has 2 aliphatic rings. The van der Waals surface area contributed by atoms with Gasteiger partial charge >= 0.3 is 0 Å². The molecule has 0 aliphatic heterocycles. The molecule has 0 fully saturated rings. The lowest BCUT2D eigenvalue weighted by Crippen LogP contribution is -2.25. The fourth-order valence-electron chi connectivity index (χ4n) is 3.74. The number of nitrogens with zero attached hydrogens (tertiary/aromatic N) is 1. The molecular formula is C18H18N2O2. The van der Waals surface area contributed by atoms with Gasteiger partial charge in [0, 0.05) is 17.6 Å². The smallest absolute Gasteiger partial charge is 0.292 e. The van der Waals surface area contributed by atoms with Crippen LogP contribution < -0.4 is 5.73 Å². The van der Waals surface area contributed by atoms with E-state index in [1.807, 2.05) is 30.3 Å². The lowest BCUT2D eigenvalue weighted by atomic mass is 9.72. The number of rotatable bonds is 1. The van der Waals surface area contributed by atoms with Crippen molar-refractivity contribution < 1.29 is 9.21 Å². The van der Waals surface area contributed by atoms with Crippen molar-refractivity contribution >= 4 is 17.4 Å². The van der Waals surface area contributed by atoms with Crippen molar-refractivity contribution in [2.45, 2.75) is 32.6 Å². The Morgan fingerprint density at radius 2 is 1.95 bits per heavy atom. The van der Waals surface area contributed by atoms with Gasteiger partial charge in [0.2, 0.25) is 0 Å². The predicted octanol–water partition coefficient (Wildman–Crippen LogP) is 3.55. The van der Waals surface area contributed by atoms with Gasteiger partial charge in [0.1, 0.15) is 5.69 Å². The monoisotopic (exact) mass is 294 g/mol. The number of carbonyl (C=O) groups excluding carboxylic acids is 1. The molecule has 4 heteroatoms. The third-order valence-electron chi connectivity index (χ3n) is 4.56. The van der Waals surface area contributed by atoms with Gasteiger partial charge in [-0.1, -0.05) is 44.2 Å². The third-order valence-corrected chi connectivity index (χ3v) is 4.56. The Labute approximate surface area is 129 Å². The van der Waals surface area contributed by atoms with Crippen LogP contribution in [0.1, 0.15) is 49.6 Å². The van der Waals surface area contributed by atoms with Crippen LogP contribution in [0.5, 0.6) is 0 Å². The van der Waals surface area contributed by atoms with Gasteiger partial charge in [-0.05, 0) is 17.4 Å². The summed E-state index contributed by atoms with van der Waals surface area (Å²) in [7, 11) is 0. The van der Waals surface area contributed by atoms with E-state index < -0.39 is 0 Å². The first-order valence-electron chi connectivity index (χ1n) is 7.54. The van der Waals surface area contributed by atoms with Crippen LogP contribution in [0.2, 0.25) is 0 Å². The largest absolute Gasteiger partial charge is 0.424 e. The lowest BCUT2D eigenvalue weighted by Gasteiger charge is -2.30. The van der Waals surface area contributed by atoms with Crippen LogP contribution in [0.25, 0.3) is 5.57 Å².